The van der Waals surface area contributed by atoms with Gasteiger partial charge >= 0.3 is 6.36 Å². The average Bonchev–Trinajstić information content (AvgIpc) is 2.06. The van der Waals surface area contributed by atoms with Gasteiger partial charge in [-0.25, -0.2) is 4.98 Å². The molecule has 1 aromatic heterocycles. The van der Waals surface area contributed by atoms with Gasteiger partial charge in [0.2, 0.25) is 0 Å². The summed E-state index contributed by atoms with van der Waals surface area (Å²) in [6.07, 6.45) is -3.60. The zero-order valence-electron chi connectivity index (χ0n) is 7.09. The van der Waals surface area contributed by atoms with Crippen LogP contribution in [0.5, 0.6) is 5.75 Å². The first-order chi connectivity index (χ1) is 6.42. The predicted octanol–water partition coefficient (Wildman–Crippen LogP) is 2.16. The molecule has 0 aromatic carbocycles. The van der Waals surface area contributed by atoms with E-state index in [2.05, 4.69) is 9.72 Å². The van der Waals surface area contributed by atoms with Crippen LogP contribution in [0.15, 0.2) is 12.3 Å². The maximum absolute atomic E-state index is 11.8. The van der Waals surface area contributed by atoms with Gasteiger partial charge in [-0.2, -0.15) is 5.26 Å². The second-order valence-electron chi connectivity index (χ2n) is 2.49. The number of halogens is 3. The highest BCUT2D eigenvalue weighted by molar-refractivity contribution is 5.36. The maximum atomic E-state index is 11.8. The Morgan fingerprint density at radius 2 is 2.14 bits per heavy atom. The number of aromatic nitrogens is 1. The van der Waals surface area contributed by atoms with Crippen LogP contribution in [0.2, 0.25) is 0 Å². The molecule has 14 heavy (non-hydrogen) atoms. The van der Waals surface area contributed by atoms with E-state index in [0.717, 1.165) is 12.3 Å². The third kappa shape index (κ3) is 2.62. The van der Waals surface area contributed by atoms with Gasteiger partial charge in [0.05, 0.1) is 0 Å². The molecule has 74 valence electrons. The first kappa shape index (κ1) is 10.3. The van der Waals surface area contributed by atoms with Gasteiger partial charge in [-0.3, -0.25) is 0 Å². The van der Waals surface area contributed by atoms with Crippen LogP contribution < -0.4 is 4.74 Å². The van der Waals surface area contributed by atoms with Crippen LogP contribution in [0.4, 0.5) is 13.2 Å². The Bertz CT molecular complexity index is 381. The van der Waals surface area contributed by atoms with Gasteiger partial charge < -0.3 is 4.74 Å². The Labute approximate surface area is 77.7 Å². The van der Waals surface area contributed by atoms with Crippen molar-refractivity contribution in [3.63, 3.8) is 0 Å². The van der Waals surface area contributed by atoms with E-state index < -0.39 is 12.1 Å². The highest BCUT2D eigenvalue weighted by Gasteiger charge is 2.31. The Morgan fingerprint density at radius 1 is 1.50 bits per heavy atom. The van der Waals surface area contributed by atoms with Crippen molar-refractivity contribution in [3.8, 4) is 11.8 Å². The quantitative estimate of drug-likeness (QED) is 0.700. The summed E-state index contributed by atoms with van der Waals surface area (Å²) in [6, 6.07) is 2.57. The summed E-state index contributed by atoms with van der Waals surface area (Å²) in [4.78, 5) is 3.58. The summed E-state index contributed by atoms with van der Waals surface area (Å²) >= 11 is 0. The maximum Gasteiger partial charge on any atom is 0.573 e. The summed E-state index contributed by atoms with van der Waals surface area (Å²) in [5, 5.41) is 8.40. The summed E-state index contributed by atoms with van der Waals surface area (Å²) < 4.78 is 39.2. The molecular formula is C8H5F3N2O. The zero-order valence-corrected chi connectivity index (χ0v) is 7.09. The van der Waals surface area contributed by atoms with Gasteiger partial charge in [0, 0.05) is 17.8 Å². The van der Waals surface area contributed by atoms with Crippen molar-refractivity contribution in [2.75, 3.05) is 0 Å². The lowest BCUT2D eigenvalue weighted by Crippen LogP contribution is -2.18. The van der Waals surface area contributed by atoms with Crippen LogP contribution >= 0.6 is 0 Å². The normalized spacial score (nSPS) is 10.8. The fraction of sp³-hybridized carbons (Fsp3) is 0.250. The SMILES string of the molecule is Cc1cnc(C#N)cc1OC(F)(F)F. The lowest BCUT2D eigenvalue weighted by atomic mass is 10.2. The van der Waals surface area contributed by atoms with Crippen LogP contribution in [0.1, 0.15) is 11.3 Å². The number of rotatable bonds is 1. The number of nitrogens with zero attached hydrogens (tertiary/aromatic N) is 2. The highest BCUT2D eigenvalue weighted by Crippen LogP contribution is 2.25. The van der Waals surface area contributed by atoms with Crippen LogP contribution in [0, 0.1) is 18.3 Å². The van der Waals surface area contributed by atoms with Crippen molar-refractivity contribution in [1.82, 2.24) is 4.98 Å². The summed E-state index contributed by atoms with van der Waals surface area (Å²) in [7, 11) is 0. The second kappa shape index (κ2) is 3.54. The largest absolute Gasteiger partial charge is 0.573 e. The highest BCUT2D eigenvalue weighted by atomic mass is 19.4. The third-order valence-electron chi connectivity index (χ3n) is 1.39. The molecule has 0 aliphatic heterocycles. The number of ether oxygens (including phenoxy) is 1. The van der Waals surface area contributed by atoms with Gasteiger partial charge in [0.1, 0.15) is 17.5 Å². The first-order valence-electron chi connectivity index (χ1n) is 3.55. The molecule has 0 spiro atoms. The smallest absolute Gasteiger partial charge is 0.405 e. The first-order valence-corrected chi connectivity index (χ1v) is 3.55. The molecule has 0 bridgehead atoms. The molecule has 0 radical (unpaired) electrons. The third-order valence-corrected chi connectivity index (χ3v) is 1.39. The molecule has 1 aromatic rings. The monoisotopic (exact) mass is 202 g/mol. The van der Waals surface area contributed by atoms with Crippen LogP contribution in [0.3, 0.4) is 0 Å². The molecule has 0 aliphatic carbocycles. The molecule has 0 N–H and O–H groups in total. The summed E-state index contributed by atoms with van der Waals surface area (Å²) in [5.41, 5.74) is 0.108. The van der Waals surface area contributed by atoms with Crippen molar-refractivity contribution in [2.24, 2.45) is 0 Å². The Balaban J connectivity index is 3.03. The van der Waals surface area contributed by atoms with E-state index in [-0.39, 0.29) is 11.3 Å². The van der Waals surface area contributed by atoms with Gasteiger partial charge in [0.15, 0.2) is 0 Å². The summed E-state index contributed by atoms with van der Waals surface area (Å²) in [5.74, 6) is -0.399. The number of aryl methyl sites for hydroxylation is 1. The molecule has 0 saturated carbocycles. The van der Waals surface area contributed by atoms with Crippen LogP contribution in [-0.4, -0.2) is 11.3 Å². The lowest BCUT2D eigenvalue weighted by Gasteiger charge is -2.10. The molecule has 0 amide bonds. The van der Waals surface area contributed by atoms with Gasteiger partial charge in [0.25, 0.3) is 0 Å². The Morgan fingerprint density at radius 3 is 2.64 bits per heavy atom. The minimum atomic E-state index is -4.75. The molecule has 1 rings (SSSR count). The molecule has 3 nitrogen and oxygen atoms in total. The van der Waals surface area contributed by atoms with Gasteiger partial charge in [-0.05, 0) is 6.92 Å². The van der Waals surface area contributed by atoms with E-state index >= 15 is 0 Å². The van der Waals surface area contributed by atoms with E-state index in [1.54, 1.807) is 6.07 Å². The molecule has 0 atom stereocenters. The molecule has 0 fully saturated rings. The minimum absolute atomic E-state index is 0.116. The van der Waals surface area contributed by atoms with E-state index in [1.165, 1.54) is 6.92 Å². The van der Waals surface area contributed by atoms with E-state index in [4.69, 9.17) is 5.26 Å². The van der Waals surface area contributed by atoms with Crippen molar-refractivity contribution < 1.29 is 17.9 Å². The topological polar surface area (TPSA) is 45.9 Å². The van der Waals surface area contributed by atoms with Crippen molar-refractivity contribution in [2.45, 2.75) is 13.3 Å². The number of pyridine rings is 1. The van der Waals surface area contributed by atoms with Crippen molar-refractivity contribution in [3.05, 3.63) is 23.5 Å². The van der Waals surface area contributed by atoms with Crippen molar-refractivity contribution >= 4 is 0 Å². The fourth-order valence-corrected chi connectivity index (χ4v) is 0.801. The number of hydrogen-bond donors (Lipinski definition) is 0. The zero-order chi connectivity index (χ0) is 10.8. The van der Waals surface area contributed by atoms with Gasteiger partial charge in [-0.15, -0.1) is 13.2 Å². The standard InChI is InChI=1S/C8H5F3N2O/c1-5-4-13-6(3-12)2-7(5)14-8(9,10)11/h2,4H,1H3. The number of hydrogen-bond acceptors (Lipinski definition) is 3. The Hall–Kier alpha value is -1.77. The van der Waals surface area contributed by atoms with E-state index in [9.17, 15) is 13.2 Å². The van der Waals surface area contributed by atoms with Gasteiger partial charge in [-0.1, -0.05) is 0 Å². The Kier molecular flexibility index (Phi) is 2.60. The van der Waals surface area contributed by atoms with Crippen molar-refractivity contribution in [1.29, 1.82) is 5.26 Å². The average molecular weight is 202 g/mol. The fourth-order valence-electron chi connectivity index (χ4n) is 0.801. The molecule has 0 saturated heterocycles. The number of nitriles is 1. The number of alkyl halides is 3. The van der Waals surface area contributed by atoms with Crippen LogP contribution in [-0.2, 0) is 0 Å². The minimum Gasteiger partial charge on any atom is -0.405 e. The van der Waals surface area contributed by atoms with Crippen LogP contribution in [0.25, 0.3) is 0 Å². The molecular weight excluding hydrogens is 197 g/mol. The summed E-state index contributed by atoms with van der Waals surface area (Å²) in [6.45, 7) is 1.41. The van der Waals surface area contributed by atoms with E-state index in [0.29, 0.717) is 0 Å². The molecule has 0 unspecified atom stereocenters. The molecule has 0 aliphatic rings. The lowest BCUT2D eigenvalue weighted by molar-refractivity contribution is -0.274. The molecule has 1 heterocycles. The predicted molar refractivity (Wildman–Crippen MR) is 40.4 cm³/mol. The van der Waals surface area contributed by atoms with E-state index in [1.807, 2.05) is 0 Å². The molecule has 6 heteroatoms. The second-order valence-corrected chi connectivity index (χ2v) is 2.49.